The average molecular weight is 335 g/mol. The second-order valence-electron chi connectivity index (χ2n) is 7.40. The van der Waals surface area contributed by atoms with Crippen LogP contribution >= 0.6 is 0 Å². The fourth-order valence-electron chi connectivity index (χ4n) is 4.87. The largest absolute Gasteiger partial charge is 0.344 e. The number of aryl methyl sites for hydroxylation is 2. The maximum absolute atomic E-state index is 14.0. The summed E-state index contributed by atoms with van der Waals surface area (Å²) in [5, 5.41) is 1.11. The molecule has 5 rings (SSSR count). The van der Waals surface area contributed by atoms with Crippen LogP contribution in [-0.2, 0) is 19.4 Å². The molecule has 4 heteroatoms. The van der Waals surface area contributed by atoms with Crippen molar-refractivity contribution in [3.05, 3.63) is 65.4 Å². The maximum Gasteiger partial charge on any atom is 0.123 e. The Morgan fingerprint density at radius 3 is 3.00 bits per heavy atom. The van der Waals surface area contributed by atoms with Crippen molar-refractivity contribution < 1.29 is 4.39 Å². The first-order chi connectivity index (χ1) is 12.2. The summed E-state index contributed by atoms with van der Waals surface area (Å²) >= 11 is 0. The summed E-state index contributed by atoms with van der Waals surface area (Å²) in [5.41, 5.74) is 5.22. The van der Waals surface area contributed by atoms with E-state index in [1.807, 2.05) is 24.5 Å². The molecule has 128 valence electrons. The van der Waals surface area contributed by atoms with E-state index in [1.54, 1.807) is 12.1 Å². The molecule has 2 atom stereocenters. The number of hydrogen-bond donors (Lipinski definition) is 0. The van der Waals surface area contributed by atoms with Crippen LogP contribution in [0.4, 0.5) is 4.39 Å². The van der Waals surface area contributed by atoms with Crippen LogP contribution in [0, 0.1) is 5.82 Å². The molecule has 0 aliphatic carbocycles. The van der Waals surface area contributed by atoms with Crippen molar-refractivity contribution in [1.29, 1.82) is 0 Å². The Balaban J connectivity index is 1.62. The molecule has 4 heterocycles. The standard InChI is InChI=1S/C21H22FN3/c1-24-16-5-7-19(24)21-17-11-15(22)4-6-18(17)25(20(21)12-16)10-8-14-3-2-9-23-13-14/h2-4,6,9,11,13,16,19H,5,7-8,10,12H2,1H3. The number of nitrogens with zero attached hydrogens (tertiary/aromatic N) is 3. The molecule has 2 bridgehead atoms. The van der Waals surface area contributed by atoms with E-state index in [1.165, 1.54) is 35.2 Å². The Labute approximate surface area is 147 Å². The predicted octanol–water partition coefficient (Wildman–Crippen LogP) is 4.11. The van der Waals surface area contributed by atoms with Crippen LogP contribution in [0.1, 0.15) is 35.7 Å². The first kappa shape index (κ1) is 15.1. The Morgan fingerprint density at radius 1 is 1.24 bits per heavy atom. The summed E-state index contributed by atoms with van der Waals surface area (Å²) in [7, 11) is 2.23. The Morgan fingerprint density at radius 2 is 2.16 bits per heavy atom. The molecule has 0 radical (unpaired) electrons. The predicted molar refractivity (Wildman–Crippen MR) is 97.1 cm³/mol. The molecule has 0 amide bonds. The first-order valence-corrected chi connectivity index (χ1v) is 9.14. The van der Waals surface area contributed by atoms with Gasteiger partial charge < -0.3 is 4.57 Å². The summed E-state index contributed by atoms with van der Waals surface area (Å²) in [6.45, 7) is 0.923. The van der Waals surface area contributed by atoms with Gasteiger partial charge in [0.05, 0.1) is 0 Å². The summed E-state index contributed by atoms with van der Waals surface area (Å²) in [6, 6.07) is 10.5. The third-order valence-electron chi connectivity index (χ3n) is 6.13. The highest BCUT2D eigenvalue weighted by molar-refractivity contribution is 5.86. The second-order valence-corrected chi connectivity index (χ2v) is 7.40. The molecular weight excluding hydrogens is 313 g/mol. The van der Waals surface area contributed by atoms with Gasteiger partial charge in [-0.3, -0.25) is 9.88 Å². The van der Waals surface area contributed by atoms with E-state index < -0.39 is 0 Å². The number of pyridine rings is 1. The van der Waals surface area contributed by atoms with Crippen LogP contribution in [0.25, 0.3) is 10.9 Å². The lowest BCUT2D eigenvalue weighted by molar-refractivity contribution is 0.222. The zero-order valence-electron chi connectivity index (χ0n) is 14.5. The molecule has 2 aromatic heterocycles. The number of aromatic nitrogens is 2. The van der Waals surface area contributed by atoms with Crippen molar-refractivity contribution in [3.8, 4) is 0 Å². The van der Waals surface area contributed by atoms with Gasteiger partial charge in [0.15, 0.2) is 0 Å². The monoisotopic (exact) mass is 335 g/mol. The van der Waals surface area contributed by atoms with Crippen LogP contribution < -0.4 is 0 Å². The molecule has 25 heavy (non-hydrogen) atoms. The van der Waals surface area contributed by atoms with E-state index in [9.17, 15) is 4.39 Å². The Kier molecular flexibility index (Phi) is 3.42. The van der Waals surface area contributed by atoms with Crippen molar-refractivity contribution in [3.63, 3.8) is 0 Å². The lowest BCUT2D eigenvalue weighted by Crippen LogP contribution is -2.34. The molecule has 3 nitrogen and oxygen atoms in total. The van der Waals surface area contributed by atoms with Gasteiger partial charge in [-0.2, -0.15) is 0 Å². The highest BCUT2D eigenvalue weighted by Crippen LogP contribution is 2.46. The van der Waals surface area contributed by atoms with E-state index in [4.69, 9.17) is 0 Å². The van der Waals surface area contributed by atoms with Crippen molar-refractivity contribution >= 4 is 10.9 Å². The SMILES string of the molecule is CN1C2CCC1c1c(n(CCc3cccnc3)c3ccc(F)cc13)C2. The Hall–Kier alpha value is -2.20. The van der Waals surface area contributed by atoms with Gasteiger partial charge in [0, 0.05) is 54.0 Å². The maximum atomic E-state index is 14.0. The zero-order valence-corrected chi connectivity index (χ0v) is 14.5. The quantitative estimate of drug-likeness (QED) is 0.718. The molecule has 3 aromatic rings. The van der Waals surface area contributed by atoms with E-state index >= 15 is 0 Å². The van der Waals surface area contributed by atoms with Gasteiger partial charge in [0.1, 0.15) is 5.82 Å². The van der Waals surface area contributed by atoms with Crippen LogP contribution in [0.2, 0.25) is 0 Å². The zero-order chi connectivity index (χ0) is 17.0. The number of rotatable bonds is 3. The summed E-state index contributed by atoms with van der Waals surface area (Å²) in [5.74, 6) is -0.137. The minimum Gasteiger partial charge on any atom is -0.344 e. The highest BCUT2D eigenvalue weighted by atomic mass is 19.1. The highest BCUT2D eigenvalue weighted by Gasteiger charge is 2.40. The number of likely N-dealkylation sites (N-methyl/N-ethyl adjacent to an activating group) is 1. The van der Waals surface area contributed by atoms with E-state index in [2.05, 4.69) is 27.6 Å². The molecule has 2 unspecified atom stereocenters. The fourth-order valence-corrected chi connectivity index (χ4v) is 4.87. The topological polar surface area (TPSA) is 21.1 Å². The number of benzene rings is 1. The van der Waals surface area contributed by atoms with Crippen LogP contribution in [0.3, 0.4) is 0 Å². The Bertz CT molecular complexity index is 931. The van der Waals surface area contributed by atoms with E-state index in [0.29, 0.717) is 12.1 Å². The lowest BCUT2D eigenvalue weighted by atomic mass is 9.97. The van der Waals surface area contributed by atoms with Crippen molar-refractivity contribution in [2.75, 3.05) is 7.05 Å². The van der Waals surface area contributed by atoms with Crippen LogP contribution in [0.5, 0.6) is 0 Å². The second kappa shape index (κ2) is 5.67. The van der Waals surface area contributed by atoms with E-state index in [0.717, 1.165) is 24.8 Å². The molecule has 1 aromatic carbocycles. The number of halogens is 1. The molecule has 1 saturated heterocycles. The number of fused-ring (bicyclic) bond motifs is 6. The van der Waals surface area contributed by atoms with Gasteiger partial charge in [0.25, 0.3) is 0 Å². The fraction of sp³-hybridized carbons (Fsp3) is 0.381. The first-order valence-electron chi connectivity index (χ1n) is 9.14. The van der Waals surface area contributed by atoms with Crippen molar-refractivity contribution in [1.82, 2.24) is 14.5 Å². The minimum atomic E-state index is -0.137. The summed E-state index contributed by atoms with van der Waals surface area (Å²) in [6.07, 6.45) is 8.21. The van der Waals surface area contributed by atoms with Gasteiger partial charge in [-0.15, -0.1) is 0 Å². The van der Waals surface area contributed by atoms with E-state index in [-0.39, 0.29) is 5.82 Å². The van der Waals surface area contributed by atoms with Crippen molar-refractivity contribution in [2.24, 2.45) is 0 Å². The molecule has 0 saturated carbocycles. The van der Waals surface area contributed by atoms with Gasteiger partial charge in [0.2, 0.25) is 0 Å². The third kappa shape index (κ3) is 2.31. The van der Waals surface area contributed by atoms with Crippen LogP contribution in [0.15, 0.2) is 42.7 Å². The lowest BCUT2D eigenvalue weighted by Gasteiger charge is -2.32. The third-order valence-corrected chi connectivity index (χ3v) is 6.13. The molecule has 2 aliphatic heterocycles. The summed E-state index contributed by atoms with van der Waals surface area (Å²) in [4.78, 5) is 6.72. The molecule has 0 N–H and O–H groups in total. The number of hydrogen-bond acceptors (Lipinski definition) is 2. The summed E-state index contributed by atoms with van der Waals surface area (Å²) < 4.78 is 16.4. The normalized spacial score (nSPS) is 22.5. The van der Waals surface area contributed by atoms with Gasteiger partial charge in [-0.25, -0.2) is 4.39 Å². The molecular formula is C21H22FN3. The van der Waals surface area contributed by atoms with Gasteiger partial charge >= 0.3 is 0 Å². The smallest absolute Gasteiger partial charge is 0.123 e. The molecule has 2 aliphatic rings. The van der Waals surface area contributed by atoms with Crippen LogP contribution in [-0.4, -0.2) is 27.5 Å². The average Bonchev–Trinajstić information content (AvgIpc) is 3.04. The van der Waals surface area contributed by atoms with Gasteiger partial charge in [-0.05, 0) is 61.7 Å². The van der Waals surface area contributed by atoms with Gasteiger partial charge in [-0.1, -0.05) is 6.07 Å². The molecule has 0 spiro atoms. The molecule has 1 fully saturated rings. The van der Waals surface area contributed by atoms with Crippen molar-refractivity contribution in [2.45, 2.75) is 44.3 Å². The minimum absolute atomic E-state index is 0.137.